The molecule has 110 valence electrons. The molecule has 1 aromatic rings. The summed E-state index contributed by atoms with van der Waals surface area (Å²) in [6, 6.07) is 4.48. The average molecular weight is 294 g/mol. The molecule has 5 heteroatoms. The summed E-state index contributed by atoms with van der Waals surface area (Å²) < 4.78 is 10.7. The quantitative estimate of drug-likeness (QED) is 0.866. The van der Waals surface area contributed by atoms with Crippen molar-refractivity contribution in [2.75, 3.05) is 20.8 Å². The zero-order valence-corrected chi connectivity index (χ0v) is 13.3. The summed E-state index contributed by atoms with van der Waals surface area (Å²) in [5.74, 6) is 1.57. The number of nitrogens with one attached hydrogen (secondary N) is 1. The van der Waals surface area contributed by atoms with Crippen molar-refractivity contribution in [2.24, 2.45) is 0 Å². The van der Waals surface area contributed by atoms with Gasteiger partial charge < -0.3 is 19.7 Å². The normalized spacial score (nSPS) is 13.9. The van der Waals surface area contributed by atoms with Crippen LogP contribution in [0.4, 0.5) is 0 Å². The van der Waals surface area contributed by atoms with Gasteiger partial charge in [-0.1, -0.05) is 0 Å². The summed E-state index contributed by atoms with van der Waals surface area (Å²) in [5.41, 5.74) is 2.56. The Morgan fingerprint density at radius 1 is 1.20 bits per heavy atom. The van der Waals surface area contributed by atoms with E-state index in [1.165, 1.54) is 11.1 Å². The largest absolute Gasteiger partial charge is 0.493 e. The Bertz CT molecular complexity index is 503. The highest BCUT2D eigenvalue weighted by Crippen LogP contribution is 2.33. The van der Waals surface area contributed by atoms with Crippen molar-refractivity contribution in [1.82, 2.24) is 10.2 Å². The molecule has 0 aliphatic carbocycles. The minimum Gasteiger partial charge on any atom is -0.493 e. The van der Waals surface area contributed by atoms with Gasteiger partial charge in [0.2, 0.25) is 0 Å². The molecule has 0 fully saturated rings. The van der Waals surface area contributed by atoms with Crippen molar-refractivity contribution in [3.8, 4) is 11.5 Å². The van der Waals surface area contributed by atoms with Crippen LogP contribution in [-0.2, 0) is 13.0 Å². The number of hydrogen-bond donors (Lipinski definition) is 1. The SMILES string of the molecule is COc1cc2c(cc1OC)CN(C(=S)NC(C)C)CC2. The average Bonchev–Trinajstić information content (AvgIpc) is 2.44. The fraction of sp³-hybridized carbons (Fsp3) is 0.533. The lowest BCUT2D eigenvalue weighted by Crippen LogP contribution is -2.44. The van der Waals surface area contributed by atoms with Crippen LogP contribution in [-0.4, -0.2) is 36.8 Å². The van der Waals surface area contributed by atoms with Crippen molar-refractivity contribution < 1.29 is 9.47 Å². The Balaban J connectivity index is 2.19. The molecular weight excluding hydrogens is 272 g/mol. The number of nitrogens with zero attached hydrogens (tertiary/aromatic N) is 1. The molecule has 0 aromatic heterocycles. The molecule has 1 aliphatic heterocycles. The van der Waals surface area contributed by atoms with Gasteiger partial charge in [-0.15, -0.1) is 0 Å². The predicted octanol–water partition coefficient (Wildman–Crippen LogP) is 2.34. The highest BCUT2D eigenvalue weighted by atomic mass is 32.1. The van der Waals surface area contributed by atoms with Crippen molar-refractivity contribution >= 4 is 17.3 Å². The molecule has 2 rings (SSSR count). The van der Waals surface area contributed by atoms with Gasteiger partial charge in [0.25, 0.3) is 0 Å². The Morgan fingerprint density at radius 2 is 1.80 bits per heavy atom. The van der Waals surface area contributed by atoms with E-state index in [2.05, 4.69) is 36.2 Å². The van der Waals surface area contributed by atoms with Crippen LogP contribution in [0.15, 0.2) is 12.1 Å². The van der Waals surface area contributed by atoms with Gasteiger partial charge in [0, 0.05) is 19.1 Å². The van der Waals surface area contributed by atoms with Crippen LogP contribution >= 0.6 is 12.2 Å². The van der Waals surface area contributed by atoms with E-state index < -0.39 is 0 Å². The Morgan fingerprint density at radius 3 is 2.35 bits per heavy atom. The van der Waals surface area contributed by atoms with Gasteiger partial charge in [0.05, 0.1) is 14.2 Å². The zero-order chi connectivity index (χ0) is 14.7. The maximum absolute atomic E-state index is 5.45. The van der Waals surface area contributed by atoms with E-state index in [9.17, 15) is 0 Å². The van der Waals surface area contributed by atoms with Crippen LogP contribution in [0.5, 0.6) is 11.5 Å². The van der Waals surface area contributed by atoms with E-state index in [1.54, 1.807) is 14.2 Å². The van der Waals surface area contributed by atoms with E-state index in [1.807, 2.05) is 0 Å². The highest BCUT2D eigenvalue weighted by molar-refractivity contribution is 7.80. The van der Waals surface area contributed by atoms with E-state index in [4.69, 9.17) is 21.7 Å². The summed E-state index contributed by atoms with van der Waals surface area (Å²) in [7, 11) is 3.33. The molecule has 1 aromatic carbocycles. The number of rotatable bonds is 3. The lowest BCUT2D eigenvalue weighted by Gasteiger charge is -2.32. The molecule has 0 atom stereocenters. The lowest BCUT2D eigenvalue weighted by molar-refractivity contribution is 0.347. The van der Waals surface area contributed by atoms with Gasteiger partial charge >= 0.3 is 0 Å². The third kappa shape index (κ3) is 3.15. The van der Waals surface area contributed by atoms with Gasteiger partial charge in [0.15, 0.2) is 16.6 Å². The summed E-state index contributed by atoms with van der Waals surface area (Å²) in [5, 5.41) is 4.12. The number of benzene rings is 1. The minimum absolute atomic E-state index is 0.356. The molecule has 1 N–H and O–H groups in total. The number of thiocarbonyl (C=S) groups is 1. The lowest BCUT2D eigenvalue weighted by atomic mass is 9.99. The maximum atomic E-state index is 5.45. The second-order valence-electron chi connectivity index (χ2n) is 5.25. The third-order valence-electron chi connectivity index (χ3n) is 3.42. The van der Waals surface area contributed by atoms with Crippen LogP contribution < -0.4 is 14.8 Å². The van der Waals surface area contributed by atoms with Crippen LogP contribution in [0.2, 0.25) is 0 Å². The summed E-state index contributed by atoms with van der Waals surface area (Å²) in [6.45, 7) is 5.94. The standard InChI is InChI=1S/C15H22N2O2S/c1-10(2)16-15(20)17-6-5-11-7-13(18-3)14(19-4)8-12(11)9-17/h7-8,10H,5-6,9H2,1-4H3,(H,16,20). The van der Waals surface area contributed by atoms with Crippen molar-refractivity contribution in [3.63, 3.8) is 0 Å². The van der Waals surface area contributed by atoms with Crippen molar-refractivity contribution in [2.45, 2.75) is 32.9 Å². The first-order chi connectivity index (χ1) is 9.55. The molecule has 4 nitrogen and oxygen atoms in total. The summed E-state index contributed by atoms with van der Waals surface area (Å²) in [6.07, 6.45) is 0.968. The number of fused-ring (bicyclic) bond motifs is 1. The topological polar surface area (TPSA) is 33.7 Å². The molecule has 20 heavy (non-hydrogen) atoms. The molecule has 0 saturated heterocycles. The Labute approximate surface area is 126 Å². The fourth-order valence-corrected chi connectivity index (χ4v) is 2.79. The van der Waals surface area contributed by atoms with Crippen molar-refractivity contribution in [1.29, 1.82) is 0 Å². The Kier molecular flexibility index (Phi) is 4.70. The van der Waals surface area contributed by atoms with E-state index in [0.29, 0.717) is 6.04 Å². The first-order valence-electron chi connectivity index (χ1n) is 6.84. The first kappa shape index (κ1) is 14.9. The Hall–Kier alpha value is -1.49. The fourth-order valence-electron chi connectivity index (χ4n) is 2.39. The number of hydrogen-bond acceptors (Lipinski definition) is 3. The molecule has 0 bridgehead atoms. The van der Waals surface area contributed by atoms with E-state index >= 15 is 0 Å². The van der Waals surface area contributed by atoms with Gasteiger partial charge in [-0.25, -0.2) is 0 Å². The monoisotopic (exact) mass is 294 g/mol. The summed E-state index contributed by atoms with van der Waals surface area (Å²) in [4.78, 5) is 2.20. The first-order valence-corrected chi connectivity index (χ1v) is 7.25. The molecule has 0 radical (unpaired) electrons. The smallest absolute Gasteiger partial charge is 0.169 e. The van der Waals surface area contributed by atoms with Gasteiger partial charge in [-0.2, -0.15) is 0 Å². The van der Waals surface area contributed by atoms with Crippen LogP contribution in [0, 0.1) is 0 Å². The third-order valence-corrected chi connectivity index (χ3v) is 3.79. The highest BCUT2D eigenvalue weighted by Gasteiger charge is 2.21. The van der Waals surface area contributed by atoms with Gasteiger partial charge in [-0.05, 0) is 55.7 Å². The van der Waals surface area contributed by atoms with E-state index in [-0.39, 0.29) is 0 Å². The summed E-state index contributed by atoms with van der Waals surface area (Å²) >= 11 is 5.45. The van der Waals surface area contributed by atoms with Crippen LogP contribution in [0.1, 0.15) is 25.0 Å². The van der Waals surface area contributed by atoms with Gasteiger partial charge in [-0.3, -0.25) is 0 Å². The molecule has 0 spiro atoms. The van der Waals surface area contributed by atoms with Crippen molar-refractivity contribution in [3.05, 3.63) is 23.3 Å². The number of methoxy groups -OCH3 is 2. The minimum atomic E-state index is 0.356. The second-order valence-corrected chi connectivity index (χ2v) is 5.64. The van der Waals surface area contributed by atoms with Gasteiger partial charge in [0.1, 0.15) is 0 Å². The molecule has 1 aliphatic rings. The molecular formula is C15H22N2O2S. The molecule has 1 heterocycles. The molecule has 0 unspecified atom stereocenters. The number of ether oxygens (including phenoxy) is 2. The van der Waals surface area contributed by atoms with Crippen LogP contribution in [0.25, 0.3) is 0 Å². The zero-order valence-electron chi connectivity index (χ0n) is 12.5. The predicted molar refractivity (Wildman–Crippen MR) is 84.5 cm³/mol. The maximum Gasteiger partial charge on any atom is 0.169 e. The molecule has 0 amide bonds. The van der Waals surface area contributed by atoms with E-state index in [0.717, 1.165) is 36.1 Å². The molecule has 0 saturated carbocycles. The van der Waals surface area contributed by atoms with Crippen LogP contribution in [0.3, 0.4) is 0 Å². The second kappa shape index (κ2) is 6.31.